The summed E-state index contributed by atoms with van der Waals surface area (Å²) in [6, 6.07) is 7.57. The zero-order valence-corrected chi connectivity index (χ0v) is 12.0. The third-order valence-corrected chi connectivity index (χ3v) is 3.02. The van der Waals surface area contributed by atoms with Crippen LogP contribution in [-0.4, -0.2) is 44.3 Å². The summed E-state index contributed by atoms with van der Waals surface area (Å²) in [5.74, 6) is -0.281. The van der Waals surface area contributed by atoms with Crippen molar-refractivity contribution in [2.24, 2.45) is 0 Å². The third-order valence-electron chi connectivity index (χ3n) is 3.02. The summed E-state index contributed by atoms with van der Waals surface area (Å²) in [5, 5.41) is 0. The van der Waals surface area contributed by atoms with Crippen LogP contribution >= 0.6 is 0 Å². The highest BCUT2D eigenvalue weighted by Gasteiger charge is 2.13. The van der Waals surface area contributed by atoms with Gasteiger partial charge in [-0.2, -0.15) is 0 Å². The zero-order chi connectivity index (χ0) is 14.1. The number of nitrogens with zero attached hydrogens (tertiary/aromatic N) is 1. The Labute approximate surface area is 115 Å². The van der Waals surface area contributed by atoms with Crippen molar-refractivity contribution in [2.45, 2.75) is 20.4 Å². The van der Waals surface area contributed by atoms with Crippen LogP contribution in [0.4, 0.5) is 0 Å². The second kappa shape index (κ2) is 8.67. The fourth-order valence-corrected chi connectivity index (χ4v) is 1.90. The molecule has 0 radical (unpaired) electrons. The second-order valence-corrected chi connectivity index (χ2v) is 4.21. The van der Waals surface area contributed by atoms with Crippen LogP contribution < -0.4 is 0 Å². The molecule has 0 spiro atoms. The summed E-state index contributed by atoms with van der Waals surface area (Å²) in [7, 11) is 1.41. The van der Waals surface area contributed by atoms with Crippen LogP contribution in [0.5, 0.6) is 0 Å². The normalized spacial score (nSPS) is 10.7. The number of carbonyl (C=O) groups is 1. The fraction of sp³-hybridized carbons (Fsp3) is 0.533. The zero-order valence-electron chi connectivity index (χ0n) is 12.0. The Balaban J connectivity index is 2.71. The summed E-state index contributed by atoms with van der Waals surface area (Å²) in [4.78, 5) is 13.9. The van der Waals surface area contributed by atoms with E-state index in [1.165, 1.54) is 7.11 Å². The van der Waals surface area contributed by atoms with Crippen molar-refractivity contribution < 1.29 is 14.3 Å². The van der Waals surface area contributed by atoms with Gasteiger partial charge in [0.05, 0.1) is 19.3 Å². The van der Waals surface area contributed by atoms with E-state index in [0.29, 0.717) is 12.2 Å². The van der Waals surface area contributed by atoms with Gasteiger partial charge in [0.2, 0.25) is 0 Å². The molecule has 0 bridgehead atoms. The maximum atomic E-state index is 11.7. The van der Waals surface area contributed by atoms with Crippen molar-refractivity contribution in [1.82, 2.24) is 4.90 Å². The lowest BCUT2D eigenvalue weighted by Gasteiger charge is -2.21. The van der Waals surface area contributed by atoms with Gasteiger partial charge in [0.1, 0.15) is 0 Å². The van der Waals surface area contributed by atoms with Crippen LogP contribution in [0.1, 0.15) is 29.8 Å². The van der Waals surface area contributed by atoms with Gasteiger partial charge < -0.3 is 9.47 Å². The van der Waals surface area contributed by atoms with E-state index in [2.05, 4.69) is 11.8 Å². The van der Waals surface area contributed by atoms with Crippen molar-refractivity contribution >= 4 is 5.97 Å². The minimum absolute atomic E-state index is 0.281. The summed E-state index contributed by atoms with van der Waals surface area (Å²) < 4.78 is 10.2. The average molecular weight is 265 g/mol. The quantitative estimate of drug-likeness (QED) is 0.534. The molecule has 106 valence electrons. The molecule has 0 fully saturated rings. The molecule has 0 saturated carbocycles. The van der Waals surface area contributed by atoms with Crippen molar-refractivity contribution in [3.63, 3.8) is 0 Å². The molecule has 0 heterocycles. The first-order chi connectivity index (χ1) is 9.22. The molecule has 1 rings (SSSR count). The molecule has 1 aromatic carbocycles. The second-order valence-electron chi connectivity index (χ2n) is 4.21. The van der Waals surface area contributed by atoms with Gasteiger partial charge in [0, 0.05) is 19.7 Å². The number of ether oxygens (including phenoxy) is 2. The maximum Gasteiger partial charge on any atom is 0.338 e. The van der Waals surface area contributed by atoms with Crippen LogP contribution in [0.3, 0.4) is 0 Å². The molecule has 0 amide bonds. The minimum atomic E-state index is -0.281. The van der Waals surface area contributed by atoms with Crippen LogP contribution in [0.2, 0.25) is 0 Å². The number of methoxy groups -OCH3 is 1. The van der Waals surface area contributed by atoms with Gasteiger partial charge in [-0.3, -0.25) is 4.90 Å². The predicted molar refractivity (Wildman–Crippen MR) is 75.2 cm³/mol. The number of hydrogen-bond acceptors (Lipinski definition) is 4. The molecule has 19 heavy (non-hydrogen) atoms. The average Bonchev–Trinajstić information content (AvgIpc) is 2.46. The predicted octanol–water partition coefficient (Wildman–Crippen LogP) is 2.33. The van der Waals surface area contributed by atoms with Gasteiger partial charge in [-0.1, -0.05) is 25.1 Å². The van der Waals surface area contributed by atoms with Gasteiger partial charge in [0.25, 0.3) is 0 Å². The SMILES string of the molecule is CCOCCN(CC)Cc1ccccc1C(=O)OC. The van der Waals surface area contributed by atoms with Gasteiger partial charge >= 0.3 is 5.97 Å². The molecule has 0 aromatic heterocycles. The fourth-order valence-electron chi connectivity index (χ4n) is 1.90. The highest BCUT2D eigenvalue weighted by Crippen LogP contribution is 2.12. The lowest BCUT2D eigenvalue weighted by molar-refractivity contribution is 0.0597. The van der Waals surface area contributed by atoms with Gasteiger partial charge in [-0.05, 0) is 25.1 Å². The Bertz CT molecular complexity index is 393. The van der Waals surface area contributed by atoms with E-state index in [9.17, 15) is 4.79 Å². The van der Waals surface area contributed by atoms with Crippen LogP contribution in [0, 0.1) is 0 Å². The molecular weight excluding hydrogens is 242 g/mol. The number of carbonyl (C=O) groups excluding carboxylic acids is 1. The monoisotopic (exact) mass is 265 g/mol. The Morgan fingerprint density at radius 2 is 2.00 bits per heavy atom. The molecule has 0 aliphatic carbocycles. The lowest BCUT2D eigenvalue weighted by Crippen LogP contribution is -2.28. The van der Waals surface area contributed by atoms with E-state index in [4.69, 9.17) is 9.47 Å². The molecule has 4 nitrogen and oxygen atoms in total. The Morgan fingerprint density at radius 1 is 1.26 bits per heavy atom. The molecule has 0 aliphatic heterocycles. The first kappa shape index (κ1) is 15.7. The molecule has 0 unspecified atom stereocenters. The molecule has 0 atom stereocenters. The van der Waals surface area contributed by atoms with Crippen LogP contribution in [0.25, 0.3) is 0 Å². The number of hydrogen-bond donors (Lipinski definition) is 0. The summed E-state index contributed by atoms with van der Waals surface area (Å²) in [6.45, 7) is 8.05. The van der Waals surface area contributed by atoms with E-state index in [-0.39, 0.29) is 5.97 Å². The van der Waals surface area contributed by atoms with E-state index in [1.54, 1.807) is 6.07 Å². The van der Waals surface area contributed by atoms with E-state index < -0.39 is 0 Å². The van der Waals surface area contributed by atoms with E-state index in [0.717, 1.165) is 31.8 Å². The smallest absolute Gasteiger partial charge is 0.338 e. The molecule has 0 saturated heterocycles. The summed E-state index contributed by atoms with van der Waals surface area (Å²) in [5.41, 5.74) is 1.63. The highest BCUT2D eigenvalue weighted by atomic mass is 16.5. The molecule has 1 aromatic rings. The van der Waals surface area contributed by atoms with E-state index >= 15 is 0 Å². The van der Waals surface area contributed by atoms with Gasteiger partial charge in [-0.25, -0.2) is 4.79 Å². The van der Waals surface area contributed by atoms with Crippen LogP contribution in [-0.2, 0) is 16.0 Å². The Hall–Kier alpha value is -1.39. The molecular formula is C15H23NO3. The number of esters is 1. The van der Waals surface area contributed by atoms with Gasteiger partial charge in [0.15, 0.2) is 0 Å². The van der Waals surface area contributed by atoms with E-state index in [1.807, 2.05) is 25.1 Å². The first-order valence-corrected chi connectivity index (χ1v) is 6.69. The summed E-state index contributed by atoms with van der Waals surface area (Å²) in [6.07, 6.45) is 0. The molecule has 4 heteroatoms. The van der Waals surface area contributed by atoms with Crippen LogP contribution in [0.15, 0.2) is 24.3 Å². The molecule has 0 aliphatic rings. The maximum absolute atomic E-state index is 11.7. The number of rotatable bonds is 8. The van der Waals surface area contributed by atoms with Crippen molar-refractivity contribution in [3.05, 3.63) is 35.4 Å². The van der Waals surface area contributed by atoms with Crippen molar-refractivity contribution in [2.75, 3.05) is 33.4 Å². The van der Waals surface area contributed by atoms with Gasteiger partial charge in [-0.15, -0.1) is 0 Å². The highest BCUT2D eigenvalue weighted by molar-refractivity contribution is 5.90. The lowest BCUT2D eigenvalue weighted by atomic mass is 10.1. The van der Waals surface area contributed by atoms with Crippen molar-refractivity contribution in [1.29, 1.82) is 0 Å². The Morgan fingerprint density at radius 3 is 2.63 bits per heavy atom. The topological polar surface area (TPSA) is 38.8 Å². The number of likely N-dealkylation sites (N-methyl/N-ethyl adjacent to an activating group) is 1. The molecule has 0 N–H and O–H groups in total. The van der Waals surface area contributed by atoms with Crippen molar-refractivity contribution in [3.8, 4) is 0 Å². The third kappa shape index (κ3) is 5.01. The number of benzene rings is 1. The standard InChI is InChI=1S/C15H23NO3/c1-4-16(10-11-19-5-2)12-13-8-6-7-9-14(13)15(17)18-3/h6-9H,4-5,10-12H2,1-3H3. The first-order valence-electron chi connectivity index (χ1n) is 6.69. The minimum Gasteiger partial charge on any atom is -0.465 e. The Kier molecular flexibility index (Phi) is 7.15. The summed E-state index contributed by atoms with van der Waals surface area (Å²) >= 11 is 0. The largest absolute Gasteiger partial charge is 0.465 e.